The van der Waals surface area contributed by atoms with Gasteiger partial charge in [0.05, 0.1) is 0 Å². The fraction of sp³-hybridized carbons (Fsp3) is 0.625. The minimum atomic E-state index is 0.618. The lowest BCUT2D eigenvalue weighted by atomic mass is 10.2. The molecule has 0 N–H and O–H groups in total. The van der Waals surface area contributed by atoms with Gasteiger partial charge in [-0.1, -0.05) is 37.2 Å². The average molecular weight is 222 g/mol. The number of nitrogens with zero attached hydrogens (tertiary/aromatic N) is 1. The Morgan fingerprint density at radius 3 is 2.92 bits per heavy atom. The normalized spacial score (nSPS) is 11.0. The number of aromatic nitrogens is 1. The van der Waals surface area contributed by atoms with Crippen LogP contribution in [0.4, 0.5) is 0 Å². The lowest BCUT2D eigenvalue weighted by molar-refractivity contribution is 0.632. The maximum Gasteiger partial charge on any atom is 0.151 e. The Balaban J connectivity index is 2.24. The Morgan fingerprint density at radius 2 is 2.42 bits per heavy atom. The van der Waals surface area contributed by atoms with E-state index in [1.54, 1.807) is 23.1 Å². The van der Waals surface area contributed by atoms with E-state index in [9.17, 15) is 0 Å². The van der Waals surface area contributed by atoms with Gasteiger partial charge in [0.25, 0.3) is 0 Å². The third-order valence-electron chi connectivity index (χ3n) is 1.38. The van der Waals surface area contributed by atoms with E-state index in [2.05, 4.69) is 18.8 Å². The Labute approximate surface area is 86.5 Å². The van der Waals surface area contributed by atoms with Crippen molar-refractivity contribution in [2.45, 2.75) is 24.6 Å². The van der Waals surface area contributed by atoms with Gasteiger partial charge in [-0.05, 0) is 12.3 Å². The van der Waals surface area contributed by atoms with Crippen molar-refractivity contribution in [1.82, 2.24) is 4.98 Å². The zero-order valence-corrected chi connectivity index (χ0v) is 9.60. The number of thiazole rings is 1. The second-order valence-corrected chi connectivity index (χ2v) is 5.55. The van der Waals surface area contributed by atoms with Gasteiger partial charge in [0.2, 0.25) is 0 Å². The molecule has 0 aliphatic carbocycles. The highest BCUT2D eigenvalue weighted by atomic mass is 35.5. The largest absolute Gasteiger partial charge is 0.218 e. The third kappa shape index (κ3) is 3.78. The third-order valence-corrected chi connectivity index (χ3v) is 3.75. The quantitative estimate of drug-likeness (QED) is 0.715. The van der Waals surface area contributed by atoms with Gasteiger partial charge in [-0.2, -0.15) is 0 Å². The number of hydrogen-bond donors (Lipinski definition) is 0. The topological polar surface area (TPSA) is 12.9 Å². The van der Waals surface area contributed by atoms with Crippen LogP contribution in [0.25, 0.3) is 0 Å². The van der Waals surface area contributed by atoms with Crippen LogP contribution in [-0.4, -0.2) is 10.7 Å². The highest BCUT2D eigenvalue weighted by Crippen LogP contribution is 2.25. The molecule has 12 heavy (non-hydrogen) atoms. The van der Waals surface area contributed by atoms with Crippen molar-refractivity contribution in [3.8, 4) is 0 Å². The van der Waals surface area contributed by atoms with Crippen LogP contribution in [0, 0.1) is 5.92 Å². The van der Waals surface area contributed by atoms with Gasteiger partial charge < -0.3 is 0 Å². The fourth-order valence-corrected chi connectivity index (χ4v) is 3.00. The van der Waals surface area contributed by atoms with E-state index in [0.29, 0.717) is 5.15 Å². The van der Waals surface area contributed by atoms with Crippen LogP contribution in [0.15, 0.2) is 9.72 Å². The maximum atomic E-state index is 5.69. The lowest BCUT2D eigenvalue weighted by Gasteiger charge is -2.00. The van der Waals surface area contributed by atoms with Gasteiger partial charge in [0.1, 0.15) is 5.15 Å². The van der Waals surface area contributed by atoms with Crippen molar-refractivity contribution in [2.75, 3.05) is 5.75 Å². The molecule has 1 nitrogen and oxygen atoms in total. The zero-order valence-electron chi connectivity index (χ0n) is 7.21. The number of thioether (sulfide) groups is 1. The number of hydrogen-bond acceptors (Lipinski definition) is 3. The predicted octanol–water partition coefficient (Wildman–Crippen LogP) is 3.93. The van der Waals surface area contributed by atoms with Gasteiger partial charge in [-0.15, -0.1) is 11.3 Å². The molecule has 4 heteroatoms. The number of rotatable bonds is 4. The molecule has 0 radical (unpaired) electrons. The van der Waals surface area contributed by atoms with E-state index in [0.717, 1.165) is 16.0 Å². The minimum Gasteiger partial charge on any atom is -0.218 e. The summed E-state index contributed by atoms with van der Waals surface area (Å²) in [5.74, 6) is 1.91. The molecule has 68 valence electrons. The van der Waals surface area contributed by atoms with Crippen LogP contribution in [0.1, 0.15) is 20.3 Å². The maximum absolute atomic E-state index is 5.69. The highest BCUT2D eigenvalue weighted by Gasteiger charge is 2.00. The summed E-state index contributed by atoms with van der Waals surface area (Å²) in [6.45, 7) is 4.46. The lowest BCUT2D eigenvalue weighted by Crippen LogP contribution is -1.88. The Morgan fingerprint density at radius 1 is 1.67 bits per heavy atom. The average Bonchev–Trinajstić information content (AvgIpc) is 2.35. The highest BCUT2D eigenvalue weighted by molar-refractivity contribution is 8.01. The molecule has 1 aromatic rings. The standard InChI is InChI=1S/C8H12ClNS2/c1-6(2)3-4-11-8-10-7(9)5-12-8/h5-6H,3-4H2,1-2H3. The van der Waals surface area contributed by atoms with Crippen molar-refractivity contribution >= 4 is 34.7 Å². The van der Waals surface area contributed by atoms with Crippen LogP contribution in [0.5, 0.6) is 0 Å². The van der Waals surface area contributed by atoms with Gasteiger partial charge in [-0.25, -0.2) is 4.98 Å². The van der Waals surface area contributed by atoms with Crippen molar-refractivity contribution in [1.29, 1.82) is 0 Å². The molecular weight excluding hydrogens is 210 g/mol. The molecule has 1 aromatic heterocycles. The summed E-state index contributed by atoms with van der Waals surface area (Å²) in [4.78, 5) is 4.15. The Kier molecular flexibility index (Phi) is 4.40. The summed E-state index contributed by atoms with van der Waals surface area (Å²) in [5.41, 5.74) is 0. The van der Waals surface area contributed by atoms with Crippen molar-refractivity contribution in [3.63, 3.8) is 0 Å². The summed E-state index contributed by atoms with van der Waals surface area (Å²) >= 11 is 9.10. The van der Waals surface area contributed by atoms with Crippen molar-refractivity contribution < 1.29 is 0 Å². The van der Waals surface area contributed by atoms with Crippen LogP contribution in [0.3, 0.4) is 0 Å². The molecule has 0 aliphatic heterocycles. The molecule has 0 aliphatic rings. The second kappa shape index (κ2) is 5.10. The Hall–Kier alpha value is 0.270. The molecule has 0 atom stereocenters. The summed E-state index contributed by atoms with van der Waals surface area (Å²) < 4.78 is 1.08. The fourth-order valence-electron chi connectivity index (χ4n) is 0.687. The van der Waals surface area contributed by atoms with Gasteiger partial charge in [0, 0.05) is 11.1 Å². The predicted molar refractivity (Wildman–Crippen MR) is 57.3 cm³/mol. The van der Waals surface area contributed by atoms with Gasteiger partial charge in [0.15, 0.2) is 4.34 Å². The van der Waals surface area contributed by atoms with Crippen LogP contribution in [-0.2, 0) is 0 Å². The van der Waals surface area contributed by atoms with E-state index in [-0.39, 0.29) is 0 Å². The monoisotopic (exact) mass is 221 g/mol. The molecule has 1 rings (SSSR count). The molecule has 0 aromatic carbocycles. The molecule has 0 saturated heterocycles. The van der Waals surface area contributed by atoms with E-state index in [4.69, 9.17) is 11.6 Å². The van der Waals surface area contributed by atoms with Crippen LogP contribution in [0.2, 0.25) is 5.15 Å². The van der Waals surface area contributed by atoms with E-state index in [1.807, 2.05) is 5.38 Å². The van der Waals surface area contributed by atoms with E-state index >= 15 is 0 Å². The molecule has 0 bridgehead atoms. The first-order chi connectivity index (χ1) is 5.68. The molecular formula is C8H12ClNS2. The first-order valence-corrected chi connectivity index (χ1v) is 6.16. The summed E-state index contributed by atoms with van der Waals surface area (Å²) in [7, 11) is 0. The molecule has 0 amide bonds. The van der Waals surface area contributed by atoms with Crippen molar-refractivity contribution in [3.05, 3.63) is 10.5 Å². The summed E-state index contributed by atoms with van der Waals surface area (Å²) in [6.07, 6.45) is 1.24. The zero-order chi connectivity index (χ0) is 8.97. The van der Waals surface area contributed by atoms with Gasteiger partial charge in [-0.3, -0.25) is 0 Å². The molecule has 0 spiro atoms. The molecule has 0 fully saturated rings. The Bertz CT molecular complexity index is 235. The van der Waals surface area contributed by atoms with Crippen molar-refractivity contribution in [2.24, 2.45) is 5.92 Å². The van der Waals surface area contributed by atoms with E-state index < -0.39 is 0 Å². The first kappa shape index (κ1) is 10.4. The smallest absolute Gasteiger partial charge is 0.151 e. The van der Waals surface area contributed by atoms with Gasteiger partial charge >= 0.3 is 0 Å². The molecule has 1 heterocycles. The van der Waals surface area contributed by atoms with E-state index in [1.165, 1.54) is 6.42 Å². The number of halogens is 1. The summed E-state index contributed by atoms with van der Waals surface area (Å²) in [6, 6.07) is 0. The molecule has 0 saturated carbocycles. The molecule has 0 unspecified atom stereocenters. The minimum absolute atomic E-state index is 0.618. The SMILES string of the molecule is CC(C)CCSc1nc(Cl)cs1. The summed E-state index contributed by atoms with van der Waals surface area (Å²) in [5, 5.41) is 2.49. The first-order valence-electron chi connectivity index (χ1n) is 3.92. The van der Waals surface area contributed by atoms with Crippen LogP contribution < -0.4 is 0 Å². The van der Waals surface area contributed by atoms with Crippen LogP contribution >= 0.6 is 34.7 Å². The second-order valence-electron chi connectivity index (χ2n) is 2.97.